The number of carboxylic acid groups (broad SMARTS) is 1. The summed E-state index contributed by atoms with van der Waals surface area (Å²) in [5.74, 6) is 1.47. The number of aromatic nitrogens is 1. The standard InChI is InChI=1S/C19H24N2O3S/c22-16(23)10-25-18-15(2-1-3-20-18)17(24)21-11-19-7-12-4-13(8-19)6-14(5-12)9-19/h1-3,12-14H,4-11H2,(H,21,24)(H,22,23). The molecule has 0 saturated heterocycles. The molecule has 2 N–H and O–H groups in total. The molecule has 1 aromatic rings. The van der Waals surface area contributed by atoms with Gasteiger partial charge in [0.1, 0.15) is 5.03 Å². The van der Waals surface area contributed by atoms with Gasteiger partial charge in [-0.3, -0.25) is 9.59 Å². The Balaban J connectivity index is 1.42. The Bertz CT molecular complexity index is 656. The van der Waals surface area contributed by atoms with Crippen LogP contribution in [0.3, 0.4) is 0 Å². The van der Waals surface area contributed by atoms with Gasteiger partial charge in [0.25, 0.3) is 5.91 Å². The van der Waals surface area contributed by atoms with Gasteiger partial charge >= 0.3 is 5.97 Å². The van der Waals surface area contributed by atoms with Crippen molar-refractivity contribution in [2.75, 3.05) is 12.3 Å². The number of carbonyl (C=O) groups excluding carboxylic acids is 1. The Morgan fingerprint density at radius 3 is 2.44 bits per heavy atom. The maximum Gasteiger partial charge on any atom is 0.313 e. The fraction of sp³-hybridized carbons (Fsp3) is 0.632. The predicted molar refractivity (Wildman–Crippen MR) is 95.5 cm³/mol. The van der Waals surface area contributed by atoms with E-state index in [1.54, 1.807) is 18.3 Å². The van der Waals surface area contributed by atoms with E-state index in [2.05, 4.69) is 10.3 Å². The zero-order chi connectivity index (χ0) is 17.4. The fourth-order valence-electron chi connectivity index (χ4n) is 5.68. The number of nitrogens with zero attached hydrogens (tertiary/aromatic N) is 1. The minimum Gasteiger partial charge on any atom is -0.481 e. The molecule has 5 nitrogen and oxygen atoms in total. The molecule has 1 amide bonds. The Kier molecular flexibility index (Phi) is 4.48. The number of hydrogen-bond donors (Lipinski definition) is 2. The number of aliphatic carboxylic acids is 1. The Morgan fingerprint density at radius 1 is 1.20 bits per heavy atom. The lowest BCUT2D eigenvalue weighted by atomic mass is 9.49. The average Bonchev–Trinajstić information content (AvgIpc) is 2.57. The van der Waals surface area contributed by atoms with E-state index in [0.29, 0.717) is 16.0 Å². The molecule has 0 spiro atoms. The van der Waals surface area contributed by atoms with Crippen LogP contribution < -0.4 is 5.32 Å². The van der Waals surface area contributed by atoms with Gasteiger partial charge in [0.15, 0.2) is 0 Å². The molecule has 134 valence electrons. The van der Waals surface area contributed by atoms with Crippen LogP contribution >= 0.6 is 11.8 Å². The van der Waals surface area contributed by atoms with Crippen molar-refractivity contribution in [1.29, 1.82) is 0 Å². The molecule has 4 fully saturated rings. The van der Waals surface area contributed by atoms with Crippen molar-refractivity contribution >= 4 is 23.6 Å². The topological polar surface area (TPSA) is 79.3 Å². The first kappa shape index (κ1) is 16.9. The number of nitrogens with one attached hydrogen (secondary N) is 1. The van der Waals surface area contributed by atoms with Crippen molar-refractivity contribution < 1.29 is 14.7 Å². The average molecular weight is 360 g/mol. The number of amides is 1. The second-order valence-electron chi connectivity index (χ2n) is 8.14. The second kappa shape index (κ2) is 6.63. The van der Waals surface area contributed by atoms with Gasteiger partial charge in [-0.1, -0.05) is 11.8 Å². The third-order valence-electron chi connectivity index (χ3n) is 6.14. The van der Waals surface area contributed by atoms with Crippen molar-refractivity contribution in [3.8, 4) is 0 Å². The maximum atomic E-state index is 12.7. The molecular formula is C19H24N2O3S. The van der Waals surface area contributed by atoms with E-state index >= 15 is 0 Å². The van der Waals surface area contributed by atoms with E-state index < -0.39 is 5.97 Å². The number of thioether (sulfide) groups is 1. The van der Waals surface area contributed by atoms with Crippen LogP contribution in [-0.2, 0) is 4.79 Å². The highest BCUT2D eigenvalue weighted by Crippen LogP contribution is 2.59. The SMILES string of the molecule is O=C(O)CSc1ncccc1C(=O)NCC12CC3CC(CC(C3)C1)C2. The van der Waals surface area contributed by atoms with Crippen LogP contribution in [-0.4, -0.2) is 34.3 Å². The van der Waals surface area contributed by atoms with Gasteiger partial charge in [-0.25, -0.2) is 4.98 Å². The van der Waals surface area contributed by atoms with E-state index in [-0.39, 0.29) is 11.7 Å². The lowest BCUT2D eigenvalue weighted by Gasteiger charge is -2.56. The van der Waals surface area contributed by atoms with E-state index in [1.165, 1.54) is 38.5 Å². The first-order chi connectivity index (χ1) is 12.0. The number of carboxylic acids is 1. The normalized spacial score (nSPS) is 32.6. The molecule has 0 aromatic carbocycles. The summed E-state index contributed by atoms with van der Waals surface area (Å²) < 4.78 is 0. The van der Waals surface area contributed by atoms with Crippen molar-refractivity contribution in [2.45, 2.75) is 43.6 Å². The summed E-state index contributed by atoms with van der Waals surface area (Å²) in [5.41, 5.74) is 0.777. The quantitative estimate of drug-likeness (QED) is 0.762. The molecule has 1 aromatic heterocycles. The molecule has 1 heterocycles. The molecule has 0 unspecified atom stereocenters. The zero-order valence-corrected chi connectivity index (χ0v) is 15.1. The maximum absolute atomic E-state index is 12.7. The van der Waals surface area contributed by atoms with Gasteiger partial charge in [0.2, 0.25) is 0 Å². The highest BCUT2D eigenvalue weighted by atomic mass is 32.2. The molecule has 5 rings (SSSR count). The van der Waals surface area contributed by atoms with Crippen LogP contribution in [0.25, 0.3) is 0 Å². The van der Waals surface area contributed by atoms with Gasteiger partial charge in [0.05, 0.1) is 11.3 Å². The number of hydrogen-bond acceptors (Lipinski definition) is 4. The van der Waals surface area contributed by atoms with Crippen molar-refractivity contribution in [1.82, 2.24) is 10.3 Å². The first-order valence-electron chi connectivity index (χ1n) is 9.11. The smallest absolute Gasteiger partial charge is 0.313 e. The minimum absolute atomic E-state index is 0.0910. The molecule has 4 bridgehead atoms. The molecule has 25 heavy (non-hydrogen) atoms. The Labute approximate surface area is 152 Å². The molecule has 0 atom stereocenters. The third-order valence-corrected chi connectivity index (χ3v) is 7.13. The second-order valence-corrected chi connectivity index (χ2v) is 9.10. The predicted octanol–water partition coefficient (Wildman–Crippen LogP) is 3.20. The minimum atomic E-state index is -0.907. The summed E-state index contributed by atoms with van der Waals surface area (Å²) in [5, 5.41) is 12.5. The molecular weight excluding hydrogens is 336 g/mol. The summed E-state index contributed by atoms with van der Waals surface area (Å²) in [6, 6.07) is 3.46. The van der Waals surface area contributed by atoms with E-state index in [9.17, 15) is 9.59 Å². The van der Waals surface area contributed by atoms with Gasteiger partial charge in [0, 0.05) is 12.7 Å². The summed E-state index contributed by atoms with van der Waals surface area (Å²) in [6.07, 6.45) is 9.55. The zero-order valence-electron chi connectivity index (χ0n) is 14.2. The highest BCUT2D eigenvalue weighted by molar-refractivity contribution is 7.99. The molecule has 4 aliphatic rings. The van der Waals surface area contributed by atoms with Crippen LogP contribution in [0.1, 0.15) is 48.9 Å². The van der Waals surface area contributed by atoms with Crippen LogP contribution in [0.5, 0.6) is 0 Å². The monoisotopic (exact) mass is 360 g/mol. The summed E-state index contributed by atoms with van der Waals surface area (Å²) in [6.45, 7) is 0.743. The van der Waals surface area contributed by atoms with Crippen LogP contribution in [0, 0.1) is 23.2 Å². The Hall–Kier alpha value is -1.56. The number of pyridine rings is 1. The van der Waals surface area contributed by atoms with Crippen LogP contribution in [0.4, 0.5) is 0 Å². The van der Waals surface area contributed by atoms with E-state index in [4.69, 9.17) is 5.11 Å². The lowest BCUT2D eigenvalue weighted by molar-refractivity contribution is -0.133. The number of rotatable bonds is 6. The van der Waals surface area contributed by atoms with Gasteiger partial charge in [-0.05, 0) is 73.8 Å². The molecule has 4 saturated carbocycles. The van der Waals surface area contributed by atoms with Gasteiger partial charge in [-0.15, -0.1) is 0 Å². The van der Waals surface area contributed by atoms with Gasteiger partial charge in [-0.2, -0.15) is 0 Å². The van der Waals surface area contributed by atoms with Crippen molar-refractivity contribution in [3.05, 3.63) is 23.9 Å². The highest BCUT2D eigenvalue weighted by Gasteiger charge is 2.50. The van der Waals surface area contributed by atoms with E-state index in [1.807, 2.05) is 0 Å². The molecule has 0 aliphatic heterocycles. The summed E-state index contributed by atoms with van der Waals surface area (Å²) in [7, 11) is 0. The summed E-state index contributed by atoms with van der Waals surface area (Å²) >= 11 is 1.10. The lowest BCUT2D eigenvalue weighted by Crippen LogP contribution is -2.51. The van der Waals surface area contributed by atoms with E-state index in [0.717, 1.165) is 36.1 Å². The van der Waals surface area contributed by atoms with Crippen molar-refractivity contribution in [3.63, 3.8) is 0 Å². The molecule has 4 aliphatic carbocycles. The third kappa shape index (κ3) is 3.54. The first-order valence-corrected chi connectivity index (χ1v) is 10.1. The van der Waals surface area contributed by atoms with Crippen LogP contribution in [0.15, 0.2) is 23.4 Å². The fourth-order valence-corrected chi connectivity index (χ4v) is 6.39. The van der Waals surface area contributed by atoms with Gasteiger partial charge < -0.3 is 10.4 Å². The largest absolute Gasteiger partial charge is 0.481 e. The van der Waals surface area contributed by atoms with Crippen molar-refractivity contribution in [2.24, 2.45) is 23.2 Å². The molecule has 0 radical (unpaired) electrons. The molecule has 6 heteroatoms. The van der Waals surface area contributed by atoms with Crippen LogP contribution in [0.2, 0.25) is 0 Å². The number of carbonyl (C=O) groups is 2. The summed E-state index contributed by atoms with van der Waals surface area (Å²) in [4.78, 5) is 27.7. The Morgan fingerprint density at radius 2 is 1.84 bits per heavy atom.